The summed E-state index contributed by atoms with van der Waals surface area (Å²) in [4.78, 5) is 33.1. The molecule has 1 amide bonds. The fraction of sp³-hybridized carbons (Fsp3) is 0.400. The van der Waals surface area contributed by atoms with Crippen LogP contribution in [-0.2, 0) is 15.7 Å². The summed E-state index contributed by atoms with van der Waals surface area (Å²) in [5, 5.41) is 0.161. The molecule has 5 rings (SSSR count). The standard InChI is InChI=1S/C25H24F4N4O3S/c1-3-19(34)31-7-9-32(10-8-31)23-16-11-17(25(27,28)29)20(15-5-4-6-18(15)26)22-21(16)33(24(35)30-23)14(12-36-2)13-37-22/h3-6,11,14-15H,1,7-10,12-13H2,2H3/t14-,15?/m0/s1. The van der Waals surface area contributed by atoms with E-state index in [1.807, 2.05) is 0 Å². The molecule has 196 valence electrons. The molecule has 0 saturated carbocycles. The Morgan fingerprint density at radius 1 is 1.30 bits per heavy atom. The van der Waals surface area contributed by atoms with Gasteiger partial charge in [-0.2, -0.15) is 18.2 Å². The van der Waals surface area contributed by atoms with Crippen molar-refractivity contribution in [3.8, 4) is 0 Å². The molecule has 1 aromatic carbocycles. The normalized spacial score (nSPS) is 21.5. The van der Waals surface area contributed by atoms with Gasteiger partial charge in [0, 0.05) is 49.3 Å². The smallest absolute Gasteiger partial charge is 0.383 e. The van der Waals surface area contributed by atoms with Gasteiger partial charge in [0.2, 0.25) is 5.91 Å². The average Bonchev–Trinajstić information content (AvgIpc) is 3.30. The van der Waals surface area contributed by atoms with Crippen molar-refractivity contribution >= 4 is 34.4 Å². The topological polar surface area (TPSA) is 67.7 Å². The van der Waals surface area contributed by atoms with Crippen LogP contribution in [0, 0.1) is 0 Å². The molecule has 2 atom stereocenters. The van der Waals surface area contributed by atoms with Gasteiger partial charge in [-0.05, 0) is 23.8 Å². The van der Waals surface area contributed by atoms with Gasteiger partial charge in [0.05, 0.1) is 29.6 Å². The lowest BCUT2D eigenvalue weighted by atomic mass is 9.91. The van der Waals surface area contributed by atoms with Gasteiger partial charge in [-0.15, -0.1) is 11.8 Å². The first-order valence-corrected chi connectivity index (χ1v) is 12.7. The zero-order valence-electron chi connectivity index (χ0n) is 19.9. The molecule has 0 bridgehead atoms. The molecule has 2 aliphatic heterocycles. The number of rotatable bonds is 5. The fourth-order valence-corrected chi connectivity index (χ4v) is 6.51. The van der Waals surface area contributed by atoms with Crippen molar-refractivity contribution in [3.63, 3.8) is 0 Å². The van der Waals surface area contributed by atoms with Crippen molar-refractivity contribution in [2.45, 2.75) is 23.0 Å². The largest absolute Gasteiger partial charge is 0.416 e. The van der Waals surface area contributed by atoms with Crippen molar-refractivity contribution in [1.82, 2.24) is 14.5 Å². The molecule has 0 N–H and O–H groups in total. The minimum Gasteiger partial charge on any atom is -0.383 e. The highest BCUT2D eigenvalue weighted by molar-refractivity contribution is 7.99. The summed E-state index contributed by atoms with van der Waals surface area (Å²) in [6.07, 6.45) is 0.377. The van der Waals surface area contributed by atoms with E-state index in [0.29, 0.717) is 18.6 Å². The maximum Gasteiger partial charge on any atom is 0.416 e. The number of carbonyl (C=O) groups excluding carboxylic acids is 1. The molecule has 1 fully saturated rings. The molecule has 1 aliphatic carbocycles. The number of nitrogens with zero attached hydrogens (tertiary/aromatic N) is 4. The van der Waals surface area contributed by atoms with Crippen molar-refractivity contribution in [3.05, 3.63) is 64.4 Å². The molecule has 0 radical (unpaired) electrons. The molecule has 0 spiro atoms. The number of allylic oxidation sites excluding steroid dienone is 4. The fourth-order valence-electron chi connectivity index (χ4n) is 5.17. The second-order valence-corrected chi connectivity index (χ2v) is 10.0. The van der Waals surface area contributed by atoms with Crippen LogP contribution >= 0.6 is 11.8 Å². The predicted octanol–water partition coefficient (Wildman–Crippen LogP) is 4.05. The van der Waals surface area contributed by atoms with Gasteiger partial charge in [0.1, 0.15) is 11.6 Å². The number of ether oxygens (including phenoxy) is 1. The van der Waals surface area contributed by atoms with E-state index in [4.69, 9.17) is 4.74 Å². The zero-order valence-corrected chi connectivity index (χ0v) is 20.7. The highest BCUT2D eigenvalue weighted by Gasteiger charge is 2.41. The summed E-state index contributed by atoms with van der Waals surface area (Å²) in [5.74, 6) is -1.73. The van der Waals surface area contributed by atoms with E-state index < -0.39 is 35.2 Å². The summed E-state index contributed by atoms with van der Waals surface area (Å²) < 4.78 is 64.8. The van der Waals surface area contributed by atoms with Crippen molar-refractivity contribution < 1.29 is 27.1 Å². The summed E-state index contributed by atoms with van der Waals surface area (Å²) in [7, 11) is 1.48. The Kier molecular flexibility index (Phi) is 6.65. The number of carbonyl (C=O) groups is 1. The van der Waals surface area contributed by atoms with E-state index in [1.54, 1.807) is 9.80 Å². The number of aromatic nitrogens is 2. The van der Waals surface area contributed by atoms with Crippen LogP contribution in [0.1, 0.15) is 23.1 Å². The number of piperazine rings is 1. The molecule has 3 heterocycles. The number of hydrogen-bond acceptors (Lipinski definition) is 6. The number of amides is 1. The second kappa shape index (κ2) is 9.64. The molecule has 7 nitrogen and oxygen atoms in total. The SMILES string of the molecule is C=CC(=O)N1CCN(c2nc(=O)n3c4c(c(C5C=CC=C5F)c(C(F)(F)F)cc24)SC[C@@H]3COC)CC1. The van der Waals surface area contributed by atoms with E-state index in [-0.39, 0.29) is 53.0 Å². The number of hydrogen-bond donors (Lipinski definition) is 0. The van der Waals surface area contributed by atoms with Gasteiger partial charge in [-0.3, -0.25) is 9.36 Å². The summed E-state index contributed by atoms with van der Waals surface area (Å²) >= 11 is 1.17. The Morgan fingerprint density at radius 3 is 2.62 bits per heavy atom. The quantitative estimate of drug-likeness (QED) is 0.425. The van der Waals surface area contributed by atoms with Gasteiger partial charge >= 0.3 is 11.9 Å². The van der Waals surface area contributed by atoms with Gasteiger partial charge in [0.15, 0.2) is 0 Å². The minimum absolute atomic E-state index is 0.122. The van der Waals surface area contributed by atoms with Gasteiger partial charge < -0.3 is 14.5 Å². The van der Waals surface area contributed by atoms with Crippen molar-refractivity contribution in [1.29, 1.82) is 0 Å². The van der Waals surface area contributed by atoms with E-state index in [2.05, 4.69) is 11.6 Å². The molecule has 37 heavy (non-hydrogen) atoms. The third-order valence-electron chi connectivity index (χ3n) is 6.87. The van der Waals surface area contributed by atoms with Crippen LogP contribution in [0.5, 0.6) is 0 Å². The highest BCUT2D eigenvalue weighted by atomic mass is 32.2. The van der Waals surface area contributed by atoms with Crippen LogP contribution < -0.4 is 10.6 Å². The molecular formula is C25H24F4N4O3S. The Bertz CT molecular complexity index is 1390. The third kappa shape index (κ3) is 4.35. The molecule has 3 aliphatic rings. The Morgan fingerprint density at radius 2 is 2.03 bits per heavy atom. The predicted molar refractivity (Wildman–Crippen MR) is 133 cm³/mol. The van der Waals surface area contributed by atoms with Crippen molar-refractivity contribution in [2.24, 2.45) is 0 Å². The van der Waals surface area contributed by atoms with E-state index >= 15 is 0 Å². The minimum atomic E-state index is -4.77. The first-order chi connectivity index (χ1) is 17.7. The molecule has 2 aromatic rings. The maximum atomic E-state index is 14.7. The average molecular weight is 537 g/mol. The molecule has 1 aromatic heterocycles. The number of anilines is 1. The Labute approximate surface area is 214 Å². The van der Waals surface area contributed by atoms with Crippen LogP contribution in [-0.4, -0.2) is 66.0 Å². The van der Waals surface area contributed by atoms with Crippen LogP contribution in [0.25, 0.3) is 10.9 Å². The van der Waals surface area contributed by atoms with Crippen LogP contribution in [0.2, 0.25) is 0 Å². The second-order valence-electron chi connectivity index (χ2n) is 9.00. The summed E-state index contributed by atoms with van der Waals surface area (Å²) in [6, 6.07) is 0.535. The first-order valence-electron chi connectivity index (χ1n) is 11.7. The molecular weight excluding hydrogens is 512 g/mol. The number of halogens is 4. The van der Waals surface area contributed by atoms with E-state index in [9.17, 15) is 27.2 Å². The monoisotopic (exact) mass is 536 g/mol. The van der Waals surface area contributed by atoms with Crippen molar-refractivity contribution in [2.75, 3.05) is 50.5 Å². The zero-order chi connectivity index (χ0) is 26.5. The summed E-state index contributed by atoms with van der Waals surface area (Å²) in [6.45, 7) is 4.82. The maximum absolute atomic E-state index is 14.7. The van der Waals surface area contributed by atoms with E-state index in [1.165, 1.54) is 41.7 Å². The van der Waals surface area contributed by atoms with Gasteiger partial charge in [-0.25, -0.2) is 9.18 Å². The first kappa shape index (κ1) is 25.5. The molecule has 12 heteroatoms. The van der Waals surface area contributed by atoms with E-state index in [0.717, 1.165) is 12.1 Å². The number of benzene rings is 1. The lowest BCUT2D eigenvalue weighted by Crippen LogP contribution is -2.49. The lowest BCUT2D eigenvalue weighted by Gasteiger charge is -2.37. The van der Waals surface area contributed by atoms with Crippen LogP contribution in [0.4, 0.5) is 23.4 Å². The lowest BCUT2D eigenvalue weighted by molar-refractivity contribution is -0.138. The summed E-state index contributed by atoms with van der Waals surface area (Å²) in [5.41, 5.74) is -1.47. The highest BCUT2D eigenvalue weighted by Crippen LogP contribution is 2.50. The molecule has 1 saturated heterocycles. The number of alkyl halides is 3. The number of methoxy groups -OCH3 is 1. The number of thioether (sulfide) groups is 1. The Balaban J connectivity index is 1.77. The van der Waals surface area contributed by atoms with Gasteiger partial charge in [0.25, 0.3) is 0 Å². The molecule has 1 unspecified atom stereocenters. The van der Waals surface area contributed by atoms with Gasteiger partial charge in [-0.1, -0.05) is 18.7 Å². The van der Waals surface area contributed by atoms with Crippen LogP contribution in [0.15, 0.2) is 52.5 Å². The van der Waals surface area contributed by atoms with Crippen LogP contribution in [0.3, 0.4) is 0 Å². The third-order valence-corrected chi connectivity index (χ3v) is 8.12. The Hall–Kier alpha value is -3.12.